The zero-order valence-corrected chi connectivity index (χ0v) is 18.7. The highest BCUT2D eigenvalue weighted by molar-refractivity contribution is 5.99. The second-order valence-corrected chi connectivity index (χ2v) is 7.69. The van der Waals surface area contributed by atoms with Crippen LogP contribution in [0.15, 0.2) is 119 Å². The maximum atomic E-state index is 10.8. The van der Waals surface area contributed by atoms with Gasteiger partial charge < -0.3 is 0 Å². The van der Waals surface area contributed by atoms with Gasteiger partial charge in [-0.25, -0.2) is 4.99 Å². The zero-order valence-electron chi connectivity index (χ0n) is 18.7. The molecule has 0 aliphatic heterocycles. The van der Waals surface area contributed by atoms with Crippen molar-refractivity contribution in [2.24, 2.45) is 9.98 Å². The Bertz CT molecular complexity index is 1310. The van der Waals surface area contributed by atoms with Crippen molar-refractivity contribution in [1.82, 2.24) is 0 Å². The largest absolute Gasteiger partial charge is 0.285 e. The molecule has 0 spiro atoms. The van der Waals surface area contributed by atoms with Crippen molar-refractivity contribution in [2.75, 3.05) is 0 Å². The van der Waals surface area contributed by atoms with E-state index in [0.29, 0.717) is 0 Å². The molecular weight excluding hydrogens is 422 g/mol. The molecule has 34 heavy (non-hydrogen) atoms. The van der Waals surface area contributed by atoms with E-state index in [0.717, 1.165) is 33.5 Å². The molecule has 0 aliphatic carbocycles. The monoisotopic (exact) mass is 445 g/mol. The molecule has 0 amide bonds. The second kappa shape index (κ2) is 10.8. The van der Waals surface area contributed by atoms with Crippen molar-refractivity contribution in [3.63, 3.8) is 0 Å². The molecule has 1 atom stereocenters. The molecule has 0 saturated carbocycles. The lowest BCUT2D eigenvalue weighted by atomic mass is 9.99. The molecule has 4 aromatic carbocycles. The first-order chi connectivity index (χ1) is 16.6. The van der Waals surface area contributed by atoms with Gasteiger partial charge >= 0.3 is 0 Å². The second-order valence-electron chi connectivity index (χ2n) is 7.69. The Hall–Kier alpha value is -4.60. The summed E-state index contributed by atoms with van der Waals surface area (Å²) < 4.78 is 0. The lowest BCUT2D eigenvalue weighted by Gasteiger charge is -2.09. The van der Waals surface area contributed by atoms with Crippen LogP contribution < -0.4 is 0 Å². The van der Waals surface area contributed by atoms with Gasteiger partial charge in [-0.15, -0.1) is 0 Å². The standard InChI is InChI=1S/C29H23N3O2/c1-22(30-20-23-16-18-26(19-17-23)32(33)34)27-14-8-9-15-29(27)31-21-28(24-10-4-2-5-11-24)25-12-6-3-7-13-25/h2-20,22H,1H3/t22-/m0/s1. The quantitative estimate of drug-likeness (QED) is 0.171. The summed E-state index contributed by atoms with van der Waals surface area (Å²) in [6, 6.07) is 34.2. The Morgan fingerprint density at radius 3 is 1.97 bits per heavy atom. The molecule has 4 rings (SSSR count). The van der Waals surface area contributed by atoms with Crippen molar-refractivity contribution in [1.29, 1.82) is 0 Å². The summed E-state index contributed by atoms with van der Waals surface area (Å²) >= 11 is 0. The Morgan fingerprint density at radius 1 is 0.824 bits per heavy atom. The first-order valence-corrected chi connectivity index (χ1v) is 10.9. The fourth-order valence-electron chi connectivity index (χ4n) is 3.52. The van der Waals surface area contributed by atoms with Crippen LogP contribution in [0, 0.1) is 10.1 Å². The molecule has 0 aromatic heterocycles. The molecule has 0 N–H and O–H groups in total. The van der Waals surface area contributed by atoms with Crippen LogP contribution in [0.3, 0.4) is 0 Å². The average Bonchev–Trinajstić information content (AvgIpc) is 2.89. The topological polar surface area (TPSA) is 67.9 Å². The van der Waals surface area contributed by atoms with Crippen LogP contribution >= 0.6 is 0 Å². The van der Waals surface area contributed by atoms with Crippen molar-refractivity contribution in [2.45, 2.75) is 13.0 Å². The molecule has 4 aromatic rings. The summed E-state index contributed by atoms with van der Waals surface area (Å²) in [5.41, 5.74) is 5.61. The first kappa shape index (κ1) is 22.6. The number of nitro benzene ring substituents is 1. The van der Waals surface area contributed by atoms with Gasteiger partial charge in [0, 0.05) is 23.9 Å². The molecule has 0 unspecified atom stereocenters. The number of hydrogen-bond acceptors (Lipinski definition) is 4. The minimum atomic E-state index is -0.412. The predicted molar refractivity (Wildman–Crippen MR) is 138 cm³/mol. The van der Waals surface area contributed by atoms with Crippen LogP contribution in [0.1, 0.15) is 35.2 Å². The lowest BCUT2D eigenvalue weighted by Crippen LogP contribution is -1.93. The first-order valence-electron chi connectivity index (χ1n) is 10.9. The Balaban J connectivity index is 1.67. The summed E-state index contributed by atoms with van der Waals surface area (Å²) in [6.45, 7) is 2.00. The van der Waals surface area contributed by atoms with Crippen LogP contribution in [0.4, 0.5) is 11.4 Å². The van der Waals surface area contributed by atoms with Gasteiger partial charge in [-0.2, -0.15) is 0 Å². The van der Waals surface area contributed by atoms with Gasteiger partial charge in [-0.05, 0) is 47.7 Å². The summed E-state index contributed by atoms with van der Waals surface area (Å²) in [4.78, 5) is 19.8. The fraction of sp³-hybridized carbons (Fsp3) is 0.0690. The highest BCUT2D eigenvalue weighted by atomic mass is 16.6. The van der Waals surface area contributed by atoms with Gasteiger partial charge in [0.05, 0.1) is 22.2 Å². The summed E-state index contributed by atoms with van der Waals surface area (Å²) in [5, 5.41) is 10.8. The van der Waals surface area contributed by atoms with Gasteiger partial charge in [0.25, 0.3) is 5.69 Å². The summed E-state index contributed by atoms with van der Waals surface area (Å²) in [5.74, 6) is 3.28. The van der Waals surface area contributed by atoms with Gasteiger partial charge in [0.2, 0.25) is 0 Å². The third-order valence-corrected chi connectivity index (χ3v) is 5.35. The molecule has 166 valence electrons. The number of nitrogens with zero attached hydrogens (tertiary/aromatic N) is 3. The van der Waals surface area contributed by atoms with Crippen LogP contribution in [0.5, 0.6) is 0 Å². The van der Waals surface area contributed by atoms with E-state index in [1.807, 2.05) is 91.9 Å². The average molecular weight is 446 g/mol. The number of para-hydroxylation sites is 1. The molecule has 0 saturated heterocycles. The molecule has 0 bridgehead atoms. The van der Waals surface area contributed by atoms with E-state index in [9.17, 15) is 10.1 Å². The van der Waals surface area contributed by atoms with Crippen molar-refractivity contribution in [3.05, 3.63) is 142 Å². The van der Waals surface area contributed by atoms with E-state index >= 15 is 0 Å². The van der Waals surface area contributed by atoms with E-state index in [1.54, 1.807) is 18.3 Å². The maximum absolute atomic E-state index is 10.8. The van der Waals surface area contributed by atoms with Crippen molar-refractivity contribution >= 4 is 29.0 Å². The minimum Gasteiger partial charge on any atom is -0.285 e. The normalized spacial score (nSPS) is 11.6. The SMILES string of the molecule is C[C@H](N=Cc1ccc([N+](=O)[O-])cc1)c1ccccc1N=C=C(c1ccccc1)c1ccccc1. The zero-order chi connectivity index (χ0) is 23.8. The maximum Gasteiger partial charge on any atom is 0.269 e. The van der Waals surface area contributed by atoms with Gasteiger partial charge in [-0.1, -0.05) is 78.9 Å². The molecule has 0 radical (unpaired) electrons. The molecule has 0 aliphatic rings. The van der Waals surface area contributed by atoms with Crippen LogP contribution in [0.2, 0.25) is 0 Å². The Kier molecular flexibility index (Phi) is 7.19. The minimum absolute atomic E-state index is 0.0595. The number of rotatable bonds is 7. The summed E-state index contributed by atoms with van der Waals surface area (Å²) in [6.07, 6.45) is 1.73. The van der Waals surface area contributed by atoms with Gasteiger partial charge in [0.15, 0.2) is 0 Å². The molecule has 0 heterocycles. The van der Waals surface area contributed by atoms with Crippen molar-refractivity contribution < 1.29 is 4.92 Å². The predicted octanol–water partition coefficient (Wildman–Crippen LogP) is 7.21. The number of aliphatic imine (C=N–C) groups is 2. The van der Waals surface area contributed by atoms with Crippen LogP contribution in [-0.2, 0) is 0 Å². The van der Waals surface area contributed by atoms with E-state index in [-0.39, 0.29) is 11.7 Å². The highest BCUT2D eigenvalue weighted by Crippen LogP contribution is 2.28. The number of benzene rings is 4. The molecule has 5 nitrogen and oxygen atoms in total. The molecule has 0 fully saturated rings. The fourth-order valence-corrected chi connectivity index (χ4v) is 3.52. The van der Waals surface area contributed by atoms with E-state index in [4.69, 9.17) is 4.99 Å². The van der Waals surface area contributed by atoms with E-state index in [1.165, 1.54) is 12.1 Å². The highest BCUT2D eigenvalue weighted by Gasteiger charge is 2.09. The molecule has 5 heteroatoms. The van der Waals surface area contributed by atoms with Crippen LogP contribution in [0.25, 0.3) is 5.57 Å². The summed E-state index contributed by atoms with van der Waals surface area (Å²) in [7, 11) is 0. The Morgan fingerprint density at radius 2 is 1.38 bits per heavy atom. The smallest absolute Gasteiger partial charge is 0.269 e. The molecular formula is C29H23N3O2. The lowest BCUT2D eigenvalue weighted by molar-refractivity contribution is -0.384. The van der Waals surface area contributed by atoms with E-state index in [2.05, 4.69) is 10.9 Å². The third kappa shape index (κ3) is 5.60. The number of non-ortho nitro benzene ring substituents is 1. The van der Waals surface area contributed by atoms with Gasteiger partial charge in [-0.3, -0.25) is 15.1 Å². The third-order valence-electron chi connectivity index (χ3n) is 5.35. The number of nitro groups is 1. The van der Waals surface area contributed by atoms with Crippen LogP contribution in [-0.4, -0.2) is 17.0 Å². The number of hydrogen-bond donors (Lipinski definition) is 0. The van der Waals surface area contributed by atoms with Gasteiger partial charge in [0.1, 0.15) is 0 Å². The van der Waals surface area contributed by atoms with E-state index < -0.39 is 4.92 Å². The van der Waals surface area contributed by atoms with Crippen molar-refractivity contribution in [3.8, 4) is 0 Å². The Labute approximate surface area is 198 Å².